The standard InChI is InChI=1S/C14H20N2O2/c1-18-14(17)13-5-3-2-4-11(13)10-16-8-6-12(15)7-9-16/h2-5,12H,6-10,15H2,1H3. The molecule has 1 aromatic carbocycles. The Hall–Kier alpha value is -1.39. The molecule has 0 atom stereocenters. The Labute approximate surface area is 108 Å². The summed E-state index contributed by atoms with van der Waals surface area (Å²) in [6, 6.07) is 7.95. The highest BCUT2D eigenvalue weighted by Crippen LogP contribution is 2.16. The summed E-state index contributed by atoms with van der Waals surface area (Å²) in [6.45, 7) is 2.78. The van der Waals surface area contributed by atoms with Crippen LogP contribution in [-0.2, 0) is 11.3 Å². The van der Waals surface area contributed by atoms with Crippen LogP contribution in [0.25, 0.3) is 0 Å². The molecular formula is C14H20N2O2. The van der Waals surface area contributed by atoms with Gasteiger partial charge in [0, 0.05) is 12.6 Å². The van der Waals surface area contributed by atoms with Gasteiger partial charge in [-0.25, -0.2) is 4.79 Å². The fourth-order valence-corrected chi connectivity index (χ4v) is 2.32. The van der Waals surface area contributed by atoms with Crippen LogP contribution in [0.5, 0.6) is 0 Å². The van der Waals surface area contributed by atoms with E-state index in [0.717, 1.165) is 38.0 Å². The molecule has 4 nitrogen and oxygen atoms in total. The Morgan fingerprint density at radius 2 is 2.06 bits per heavy atom. The molecule has 0 amide bonds. The van der Waals surface area contributed by atoms with E-state index < -0.39 is 0 Å². The molecule has 0 spiro atoms. The minimum absolute atomic E-state index is 0.265. The minimum atomic E-state index is -0.265. The Bertz CT molecular complexity index is 412. The van der Waals surface area contributed by atoms with E-state index in [9.17, 15) is 4.79 Å². The highest BCUT2D eigenvalue weighted by molar-refractivity contribution is 5.90. The number of methoxy groups -OCH3 is 1. The summed E-state index contributed by atoms with van der Waals surface area (Å²) in [7, 11) is 1.42. The number of piperidine rings is 1. The number of hydrogen-bond acceptors (Lipinski definition) is 4. The quantitative estimate of drug-likeness (QED) is 0.821. The van der Waals surface area contributed by atoms with Crippen molar-refractivity contribution < 1.29 is 9.53 Å². The van der Waals surface area contributed by atoms with Gasteiger partial charge in [0.2, 0.25) is 0 Å². The molecule has 1 aromatic rings. The zero-order valence-electron chi connectivity index (χ0n) is 10.8. The van der Waals surface area contributed by atoms with Gasteiger partial charge in [0.05, 0.1) is 12.7 Å². The van der Waals surface area contributed by atoms with Crippen molar-refractivity contribution in [2.45, 2.75) is 25.4 Å². The van der Waals surface area contributed by atoms with E-state index in [0.29, 0.717) is 11.6 Å². The Balaban J connectivity index is 2.07. The number of carbonyl (C=O) groups is 1. The van der Waals surface area contributed by atoms with Crippen LogP contribution in [0.15, 0.2) is 24.3 Å². The van der Waals surface area contributed by atoms with E-state index in [4.69, 9.17) is 10.5 Å². The molecule has 18 heavy (non-hydrogen) atoms. The lowest BCUT2D eigenvalue weighted by molar-refractivity contribution is 0.0598. The van der Waals surface area contributed by atoms with E-state index in [1.54, 1.807) is 0 Å². The van der Waals surface area contributed by atoms with Crippen molar-refractivity contribution in [3.63, 3.8) is 0 Å². The molecule has 98 valence electrons. The number of ether oxygens (including phenoxy) is 1. The average molecular weight is 248 g/mol. The summed E-state index contributed by atoms with van der Waals surface area (Å²) in [5.41, 5.74) is 7.58. The van der Waals surface area contributed by atoms with E-state index in [1.165, 1.54) is 7.11 Å². The summed E-state index contributed by atoms with van der Waals surface area (Å²) in [4.78, 5) is 14.0. The van der Waals surface area contributed by atoms with E-state index in [2.05, 4.69) is 4.90 Å². The average Bonchev–Trinajstić information content (AvgIpc) is 2.41. The second kappa shape index (κ2) is 5.98. The van der Waals surface area contributed by atoms with Crippen molar-refractivity contribution in [3.05, 3.63) is 35.4 Å². The van der Waals surface area contributed by atoms with Crippen LogP contribution >= 0.6 is 0 Å². The molecule has 2 N–H and O–H groups in total. The van der Waals surface area contributed by atoms with Crippen molar-refractivity contribution in [1.82, 2.24) is 4.90 Å². The van der Waals surface area contributed by atoms with E-state index in [-0.39, 0.29) is 5.97 Å². The molecule has 0 aromatic heterocycles. The third kappa shape index (κ3) is 3.09. The summed E-state index contributed by atoms with van der Waals surface area (Å²) in [6.07, 6.45) is 2.06. The van der Waals surface area contributed by atoms with Crippen molar-refractivity contribution in [1.29, 1.82) is 0 Å². The van der Waals surface area contributed by atoms with Gasteiger partial charge in [0.25, 0.3) is 0 Å². The maximum absolute atomic E-state index is 11.7. The SMILES string of the molecule is COC(=O)c1ccccc1CN1CCC(N)CC1. The molecule has 1 aliphatic rings. The summed E-state index contributed by atoms with van der Waals surface area (Å²) >= 11 is 0. The molecule has 0 radical (unpaired) electrons. The fraction of sp³-hybridized carbons (Fsp3) is 0.500. The highest BCUT2D eigenvalue weighted by Gasteiger charge is 2.18. The maximum atomic E-state index is 11.7. The van der Waals surface area contributed by atoms with Crippen LogP contribution in [0.2, 0.25) is 0 Å². The fourth-order valence-electron chi connectivity index (χ4n) is 2.32. The third-order valence-corrected chi connectivity index (χ3v) is 3.45. The summed E-state index contributed by atoms with van der Waals surface area (Å²) < 4.78 is 4.81. The van der Waals surface area contributed by atoms with Crippen LogP contribution in [0, 0.1) is 0 Å². The molecule has 4 heteroatoms. The predicted octanol–water partition coefficient (Wildman–Crippen LogP) is 1.40. The molecule has 1 saturated heterocycles. The second-order valence-electron chi connectivity index (χ2n) is 4.76. The minimum Gasteiger partial charge on any atom is -0.465 e. The molecule has 1 aliphatic heterocycles. The lowest BCUT2D eigenvalue weighted by Crippen LogP contribution is -2.39. The van der Waals surface area contributed by atoms with Crippen molar-refractivity contribution in [2.24, 2.45) is 5.73 Å². The van der Waals surface area contributed by atoms with Crippen molar-refractivity contribution in [2.75, 3.05) is 20.2 Å². The van der Waals surface area contributed by atoms with Gasteiger partial charge < -0.3 is 10.5 Å². The topological polar surface area (TPSA) is 55.6 Å². The monoisotopic (exact) mass is 248 g/mol. The molecule has 0 bridgehead atoms. The molecular weight excluding hydrogens is 228 g/mol. The number of nitrogens with two attached hydrogens (primary N) is 1. The zero-order valence-corrected chi connectivity index (χ0v) is 10.8. The molecule has 0 unspecified atom stereocenters. The normalized spacial score (nSPS) is 17.7. The molecule has 1 heterocycles. The van der Waals surface area contributed by atoms with Crippen molar-refractivity contribution in [3.8, 4) is 0 Å². The molecule has 0 saturated carbocycles. The summed E-state index contributed by atoms with van der Waals surface area (Å²) in [5, 5.41) is 0. The maximum Gasteiger partial charge on any atom is 0.338 e. The van der Waals surface area contributed by atoms with Gasteiger partial charge >= 0.3 is 5.97 Å². The number of likely N-dealkylation sites (tertiary alicyclic amines) is 1. The van der Waals surface area contributed by atoms with Gasteiger partial charge in [-0.3, -0.25) is 4.90 Å². The van der Waals surface area contributed by atoms with Crippen LogP contribution in [0.1, 0.15) is 28.8 Å². The molecule has 1 fully saturated rings. The Morgan fingerprint density at radius 3 is 2.72 bits per heavy atom. The second-order valence-corrected chi connectivity index (χ2v) is 4.76. The lowest BCUT2D eigenvalue weighted by Gasteiger charge is -2.30. The largest absolute Gasteiger partial charge is 0.465 e. The number of benzene rings is 1. The van der Waals surface area contributed by atoms with Crippen molar-refractivity contribution >= 4 is 5.97 Å². The number of rotatable bonds is 3. The lowest BCUT2D eigenvalue weighted by atomic mass is 10.0. The van der Waals surface area contributed by atoms with Crippen LogP contribution in [-0.4, -0.2) is 37.1 Å². The van der Waals surface area contributed by atoms with E-state index >= 15 is 0 Å². The number of hydrogen-bond donors (Lipinski definition) is 1. The Kier molecular flexibility index (Phi) is 4.33. The molecule has 0 aliphatic carbocycles. The number of carbonyl (C=O) groups excluding carboxylic acids is 1. The first kappa shape index (κ1) is 13.1. The van der Waals surface area contributed by atoms with E-state index in [1.807, 2.05) is 24.3 Å². The number of esters is 1. The zero-order chi connectivity index (χ0) is 13.0. The van der Waals surface area contributed by atoms with Gasteiger partial charge in [0.1, 0.15) is 0 Å². The van der Waals surface area contributed by atoms with Crippen LogP contribution < -0.4 is 5.73 Å². The van der Waals surface area contributed by atoms with Gasteiger partial charge in [-0.1, -0.05) is 18.2 Å². The van der Waals surface area contributed by atoms with Gasteiger partial charge in [-0.15, -0.1) is 0 Å². The first-order valence-electron chi connectivity index (χ1n) is 6.35. The van der Waals surface area contributed by atoms with Crippen LogP contribution in [0.3, 0.4) is 0 Å². The first-order valence-corrected chi connectivity index (χ1v) is 6.35. The predicted molar refractivity (Wildman–Crippen MR) is 70.3 cm³/mol. The van der Waals surface area contributed by atoms with Crippen LogP contribution in [0.4, 0.5) is 0 Å². The number of nitrogens with zero attached hydrogens (tertiary/aromatic N) is 1. The van der Waals surface area contributed by atoms with Gasteiger partial charge in [0.15, 0.2) is 0 Å². The summed E-state index contributed by atoms with van der Waals surface area (Å²) in [5.74, 6) is -0.265. The molecule has 2 rings (SSSR count). The Morgan fingerprint density at radius 1 is 1.39 bits per heavy atom. The smallest absolute Gasteiger partial charge is 0.338 e. The van der Waals surface area contributed by atoms with Gasteiger partial charge in [-0.2, -0.15) is 0 Å². The first-order chi connectivity index (χ1) is 8.70. The highest BCUT2D eigenvalue weighted by atomic mass is 16.5. The third-order valence-electron chi connectivity index (χ3n) is 3.45. The van der Waals surface area contributed by atoms with Gasteiger partial charge in [-0.05, 0) is 37.6 Å².